The first-order valence-electron chi connectivity index (χ1n) is 6.76. The van der Waals surface area contributed by atoms with Crippen molar-refractivity contribution in [2.24, 2.45) is 0 Å². The van der Waals surface area contributed by atoms with Crippen LogP contribution in [0, 0.1) is 13.8 Å². The van der Waals surface area contributed by atoms with Gasteiger partial charge in [-0.05, 0) is 59.1 Å². The molecule has 0 spiro atoms. The summed E-state index contributed by atoms with van der Waals surface area (Å²) in [5, 5.41) is 0. The quantitative estimate of drug-likeness (QED) is 0.637. The Bertz CT molecular complexity index is 811. The fraction of sp³-hybridized carbons (Fsp3) is 0.250. The lowest BCUT2D eigenvalue weighted by Crippen LogP contribution is -2.04. The van der Waals surface area contributed by atoms with E-state index in [2.05, 4.69) is 56.7 Å². The molecule has 0 bridgehead atoms. The van der Waals surface area contributed by atoms with Crippen LogP contribution >= 0.6 is 27.5 Å². The lowest BCUT2D eigenvalue weighted by atomic mass is 10.2. The molecule has 0 unspecified atom stereocenters. The van der Waals surface area contributed by atoms with Crippen LogP contribution in [0.5, 0.6) is 0 Å². The van der Waals surface area contributed by atoms with Gasteiger partial charge in [-0.3, -0.25) is 4.57 Å². The van der Waals surface area contributed by atoms with Crippen molar-refractivity contribution in [2.75, 3.05) is 5.88 Å². The molecule has 3 nitrogen and oxygen atoms in total. The number of aryl methyl sites for hydroxylation is 3. The van der Waals surface area contributed by atoms with Crippen molar-refractivity contribution < 1.29 is 0 Å². The monoisotopic (exact) mass is 363 g/mol. The fourth-order valence-corrected chi connectivity index (χ4v) is 3.00. The first kappa shape index (κ1) is 14.5. The zero-order chi connectivity index (χ0) is 15.0. The van der Waals surface area contributed by atoms with Gasteiger partial charge in [0, 0.05) is 23.0 Å². The second kappa shape index (κ2) is 5.78. The molecule has 0 saturated carbocycles. The molecule has 3 rings (SSSR count). The second-order valence-electron chi connectivity index (χ2n) is 5.11. The average molecular weight is 365 g/mol. The van der Waals surface area contributed by atoms with Gasteiger partial charge in [0.1, 0.15) is 11.3 Å². The largest absolute Gasteiger partial charge is 0.280 e. The Kier molecular flexibility index (Phi) is 4.00. The molecule has 0 aliphatic heterocycles. The van der Waals surface area contributed by atoms with E-state index in [0.29, 0.717) is 12.3 Å². The van der Waals surface area contributed by atoms with Crippen LogP contribution in [0.25, 0.3) is 16.9 Å². The third-order valence-electron chi connectivity index (χ3n) is 3.36. The number of rotatable bonds is 3. The molecule has 0 N–H and O–H groups in total. The van der Waals surface area contributed by atoms with Gasteiger partial charge in [0.2, 0.25) is 0 Å². The van der Waals surface area contributed by atoms with Crippen LogP contribution < -0.4 is 0 Å². The number of hydrogen-bond donors (Lipinski definition) is 0. The molecule has 0 radical (unpaired) electrons. The average Bonchev–Trinajstić information content (AvgIpc) is 2.79. The van der Waals surface area contributed by atoms with E-state index in [9.17, 15) is 0 Å². The predicted octanol–water partition coefficient (Wildman–Crippen LogP) is 4.58. The van der Waals surface area contributed by atoms with Crippen LogP contribution in [-0.2, 0) is 6.42 Å². The highest BCUT2D eigenvalue weighted by Crippen LogP contribution is 2.28. The number of pyridine rings is 1. The van der Waals surface area contributed by atoms with Gasteiger partial charge in [-0.25, -0.2) is 9.97 Å². The minimum atomic E-state index is 0.533. The molecule has 0 saturated heterocycles. The van der Waals surface area contributed by atoms with Crippen molar-refractivity contribution in [2.45, 2.75) is 20.3 Å². The number of alkyl halides is 1. The maximum Gasteiger partial charge on any atom is 0.164 e. The zero-order valence-corrected chi connectivity index (χ0v) is 14.2. The Labute approximate surface area is 137 Å². The molecule has 0 amide bonds. The number of hydrogen-bond acceptors (Lipinski definition) is 2. The van der Waals surface area contributed by atoms with E-state index in [1.165, 1.54) is 5.56 Å². The number of fused-ring (bicyclic) bond motifs is 1. The molecular formula is C16H15BrClN3. The Morgan fingerprint density at radius 1 is 1.19 bits per heavy atom. The molecule has 2 aromatic heterocycles. The number of imidazole rings is 1. The number of aromatic nitrogens is 3. The topological polar surface area (TPSA) is 30.7 Å². The maximum atomic E-state index is 5.94. The van der Waals surface area contributed by atoms with Crippen molar-refractivity contribution in [3.8, 4) is 5.69 Å². The van der Waals surface area contributed by atoms with Crippen LogP contribution in [0.15, 0.2) is 34.9 Å². The van der Waals surface area contributed by atoms with Crippen LogP contribution in [0.1, 0.15) is 17.0 Å². The Morgan fingerprint density at radius 2 is 2.00 bits per heavy atom. The fourth-order valence-electron chi connectivity index (χ4n) is 2.41. The molecule has 0 fully saturated rings. The minimum absolute atomic E-state index is 0.533. The highest BCUT2D eigenvalue weighted by molar-refractivity contribution is 9.10. The Hall–Kier alpha value is -1.39. The first-order chi connectivity index (χ1) is 10.1. The third-order valence-corrected chi connectivity index (χ3v) is 4.22. The summed E-state index contributed by atoms with van der Waals surface area (Å²) in [4.78, 5) is 9.27. The number of halogens is 2. The molecular weight excluding hydrogens is 350 g/mol. The van der Waals surface area contributed by atoms with Crippen molar-refractivity contribution in [1.29, 1.82) is 0 Å². The summed E-state index contributed by atoms with van der Waals surface area (Å²) in [6.07, 6.45) is 2.58. The smallest absolute Gasteiger partial charge is 0.164 e. The molecule has 0 aliphatic carbocycles. The van der Waals surface area contributed by atoms with E-state index in [4.69, 9.17) is 16.6 Å². The van der Waals surface area contributed by atoms with Crippen LogP contribution in [0.4, 0.5) is 0 Å². The molecule has 1 aromatic carbocycles. The minimum Gasteiger partial charge on any atom is -0.280 e. The lowest BCUT2D eigenvalue weighted by Gasteiger charge is -2.11. The van der Waals surface area contributed by atoms with Gasteiger partial charge in [0.05, 0.1) is 5.69 Å². The summed E-state index contributed by atoms with van der Waals surface area (Å²) >= 11 is 9.57. The van der Waals surface area contributed by atoms with Crippen LogP contribution in [0.2, 0.25) is 0 Å². The van der Waals surface area contributed by atoms with Gasteiger partial charge in [-0.1, -0.05) is 6.07 Å². The summed E-state index contributed by atoms with van der Waals surface area (Å²) in [5.41, 5.74) is 5.12. The number of benzene rings is 1. The van der Waals surface area contributed by atoms with Gasteiger partial charge in [0.15, 0.2) is 5.65 Å². The maximum absolute atomic E-state index is 5.94. The predicted molar refractivity (Wildman–Crippen MR) is 90.5 cm³/mol. The summed E-state index contributed by atoms with van der Waals surface area (Å²) in [6, 6.07) is 8.31. The first-order valence-corrected chi connectivity index (χ1v) is 8.09. The molecule has 0 atom stereocenters. The summed E-state index contributed by atoms with van der Waals surface area (Å²) in [6.45, 7) is 4.10. The van der Waals surface area contributed by atoms with Crippen LogP contribution in [0.3, 0.4) is 0 Å². The van der Waals surface area contributed by atoms with Gasteiger partial charge in [-0.15, -0.1) is 11.6 Å². The van der Waals surface area contributed by atoms with Gasteiger partial charge in [-0.2, -0.15) is 0 Å². The van der Waals surface area contributed by atoms with E-state index in [1.54, 1.807) is 0 Å². The SMILES string of the molecule is Cc1ccc(Br)c(-n2c(CCCl)nc3cc(C)cnc32)c1. The van der Waals surface area contributed by atoms with Crippen molar-refractivity contribution >= 4 is 38.7 Å². The Morgan fingerprint density at radius 3 is 2.76 bits per heavy atom. The standard InChI is InChI=1S/C16H15BrClN3/c1-10-3-4-12(17)14(8-10)21-15(5-6-18)20-13-7-11(2)9-19-16(13)21/h3-4,7-9H,5-6H2,1-2H3. The lowest BCUT2D eigenvalue weighted by molar-refractivity contribution is 0.901. The van der Waals surface area contributed by atoms with E-state index in [0.717, 1.165) is 32.7 Å². The molecule has 3 aromatic rings. The molecule has 5 heteroatoms. The normalized spacial score (nSPS) is 11.2. The molecule has 21 heavy (non-hydrogen) atoms. The molecule has 0 aliphatic rings. The van der Waals surface area contributed by atoms with Crippen molar-refractivity contribution in [3.05, 3.63) is 51.9 Å². The van der Waals surface area contributed by atoms with Gasteiger partial charge >= 0.3 is 0 Å². The zero-order valence-electron chi connectivity index (χ0n) is 11.9. The van der Waals surface area contributed by atoms with Gasteiger partial charge in [0.25, 0.3) is 0 Å². The highest BCUT2D eigenvalue weighted by atomic mass is 79.9. The Balaban J connectivity index is 2.33. The van der Waals surface area contributed by atoms with E-state index >= 15 is 0 Å². The summed E-state index contributed by atoms with van der Waals surface area (Å²) < 4.78 is 3.11. The number of nitrogens with zero attached hydrogens (tertiary/aromatic N) is 3. The third kappa shape index (κ3) is 2.70. The van der Waals surface area contributed by atoms with Crippen molar-refractivity contribution in [3.63, 3.8) is 0 Å². The molecule has 108 valence electrons. The second-order valence-corrected chi connectivity index (χ2v) is 6.34. The van der Waals surface area contributed by atoms with E-state index < -0.39 is 0 Å². The van der Waals surface area contributed by atoms with Crippen LogP contribution in [-0.4, -0.2) is 20.4 Å². The summed E-state index contributed by atoms with van der Waals surface area (Å²) in [7, 11) is 0. The van der Waals surface area contributed by atoms with Gasteiger partial charge < -0.3 is 0 Å². The van der Waals surface area contributed by atoms with E-state index in [-0.39, 0.29) is 0 Å². The summed E-state index contributed by atoms with van der Waals surface area (Å²) in [5.74, 6) is 1.47. The van der Waals surface area contributed by atoms with Crippen molar-refractivity contribution in [1.82, 2.24) is 14.5 Å². The highest BCUT2D eigenvalue weighted by Gasteiger charge is 2.15. The van der Waals surface area contributed by atoms with E-state index in [1.807, 2.05) is 13.1 Å². The molecule has 2 heterocycles.